The number of ether oxygens (including phenoxy) is 2. The molecule has 0 heterocycles. The van der Waals surface area contributed by atoms with Gasteiger partial charge in [0.25, 0.3) is 0 Å². The normalized spacial score (nSPS) is 28.6. The number of fused-ring (bicyclic) bond motifs is 2. The lowest BCUT2D eigenvalue weighted by Gasteiger charge is -2.26. The molecule has 1 aromatic carbocycles. The quantitative estimate of drug-likeness (QED) is 0.780. The van der Waals surface area contributed by atoms with Crippen LogP contribution in [0.1, 0.15) is 43.0 Å². The van der Waals surface area contributed by atoms with Crippen molar-refractivity contribution in [2.45, 2.75) is 45.0 Å². The molecule has 0 N–H and O–H groups in total. The van der Waals surface area contributed by atoms with Crippen LogP contribution in [0, 0.1) is 17.7 Å². The molecule has 114 valence electrons. The minimum absolute atomic E-state index is 0.112. The van der Waals surface area contributed by atoms with Gasteiger partial charge in [-0.05, 0) is 62.6 Å². The number of carboxylic acids is 1. The van der Waals surface area contributed by atoms with Gasteiger partial charge >= 0.3 is 0 Å². The van der Waals surface area contributed by atoms with Crippen molar-refractivity contribution < 1.29 is 23.8 Å². The van der Waals surface area contributed by atoms with Crippen molar-refractivity contribution in [3.8, 4) is 5.75 Å². The molecule has 0 saturated heterocycles. The van der Waals surface area contributed by atoms with Gasteiger partial charge in [0.15, 0.2) is 17.9 Å². The van der Waals surface area contributed by atoms with Gasteiger partial charge in [0.1, 0.15) is 0 Å². The number of benzene rings is 1. The van der Waals surface area contributed by atoms with Gasteiger partial charge in [0.2, 0.25) is 0 Å². The summed E-state index contributed by atoms with van der Waals surface area (Å²) < 4.78 is 24.9. The van der Waals surface area contributed by atoms with Crippen LogP contribution in [0.5, 0.6) is 5.75 Å². The van der Waals surface area contributed by atoms with E-state index in [-0.39, 0.29) is 17.4 Å². The largest absolute Gasteiger partial charge is 0.545 e. The molecular formula is C16H18FO4-. The van der Waals surface area contributed by atoms with Crippen LogP contribution in [-0.2, 0) is 4.74 Å². The van der Waals surface area contributed by atoms with E-state index < -0.39 is 18.1 Å². The van der Waals surface area contributed by atoms with Gasteiger partial charge in [-0.25, -0.2) is 4.39 Å². The van der Waals surface area contributed by atoms with Gasteiger partial charge in [-0.3, -0.25) is 0 Å². The van der Waals surface area contributed by atoms with Crippen LogP contribution < -0.4 is 9.84 Å². The van der Waals surface area contributed by atoms with E-state index in [0.717, 1.165) is 30.5 Å². The Morgan fingerprint density at radius 3 is 2.81 bits per heavy atom. The summed E-state index contributed by atoms with van der Waals surface area (Å²) in [7, 11) is 0. The summed E-state index contributed by atoms with van der Waals surface area (Å²) in [4.78, 5) is 10.8. The maximum Gasteiger partial charge on any atom is 0.197 e. The molecule has 3 rings (SSSR count). The third kappa shape index (κ3) is 3.02. The highest BCUT2D eigenvalue weighted by Crippen LogP contribution is 2.46. The zero-order valence-electron chi connectivity index (χ0n) is 11.9. The highest BCUT2D eigenvalue weighted by Gasteiger charge is 2.41. The van der Waals surface area contributed by atoms with Crippen molar-refractivity contribution in [2.75, 3.05) is 0 Å². The summed E-state index contributed by atoms with van der Waals surface area (Å²) >= 11 is 0. The number of halogens is 1. The standard InChI is InChI=1S/C16H19FO4/c1-9(20-14-7-10-2-3-11(14)6-10)21-15-8-12(16(18)19)4-5-13(15)17/h4-5,8-11,14H,2-3,6-7H2,1H3,(H,18,19)/p-1. The number of carbonyl (C=O) groups excluding carboxylic acids is 1. The molecular weight excluding hydrogens is 275 g/mol. The summed E-state index contributed by atoms with van der Waals surface area (Å²) in [6.07, 6.45) is 4.29. The van der Waals surface area contributed by atoms with E-state index in [9.17, 15) is 14.3 Å². The summed E-state index contributed by atoms with van der Waals surface area (Å²) in [5.41, 5.74) is -0.112. The first-order chi connectivity index (χ1) is 10.0. The van der Waals surface area contributed by atoms with Gasteiger partial charge in [0, 0.05) is 5.56 Å². The topological polar surface area (TPSA) is 58.6 Å². The molecule has 2 saturated carbocycles. The van der Waals surface area contributed by atoms with Crippen LogP contribution in [0.15, 0.2) is 18.2 Å². The minimum atomic E-state index is -1.36. The molecule has 0 aromatic heterocycles. The van der Waals surface area contributed by atoms with E-state index >= 15 is 0 Å². The third-order valence-electron chi connectivity index (χ3n) is 4.50. The summed E-state index contributed by atoms with van der Waals surface area (Å²) in [5, 5.41) is 10.8. The fourth-order valence-electron chi connectivity index (χ4n) is 3.53. The molecule has 2 aliphatic carbocycles. The van der Waals surface area contributed by atoms with Crippen molar-refractivity contribution in [3.63, 3.8) is 0 Å². The average Bonchev–Trinajstić information content (AvgIpc) is 3.03. The molecule has 1 aromatic rings. The first-order valence-electron chi connectivity index (χ1n) is 7.36. The van der Waals surface area contributed by atoms with Crippen molar-refractivity contribution in [3.05, 3.63) is 29.6 Å². The lowest BCUT2D eigenvalue weighted by atomic mass is 9.98. The molecule has 0 spiro atoms. The Bertz CT molecular complexity index is 545. The molecule has 4 nitrogen and oxygen atoms in total. The Morgan fingerprint density at radius 1 is 1.38 bits per heavy atom. The molecule has 4 atom stereocenters. The van der Waals surface area contributed by atoms with E-state index in [1.165, 1.54) is 19.3 Å². The molecule has 0 radical (unpaired) electrons. The predicted molar refractivity (Wildman–Crippen MR) is 71.1 cm³/mol. The maximum absolute atomic E-state index is 13.7. The number of hydrogen-bond donors (Lipinski definition) is 0. The predicted octanol–water partition coefficient (Wildman–Crippen LogP) is 2.12. The Balaban J connectivity index is 1.63. The number of aromatic carboxylic acids is 1. The van der Waals surface area contributed by atoms with E-state index in [4.69, 9.17) is 9.47 Å². The van der Waals surface area contributed by atoms with Gasteiger partial charge in [-0.2, -0.15) is 0 Å². The summed E-state index contributed by atoms with van der Waals surface area (Å²) in [6.45, 7) is 1.71. The minimum Gasteiger partial charge on any atom is -0.545 e. The van der Waals surface area contributed by atoms with Gasteiger partial charge in [0.05, 0.1) is 12.1 Å². The van der Waals surface area contributed by atoms with Gasteiger partial charge < -0.3 is 19.4 Å². The Labute approximate surface area is 122 Å². The third-order valence-corrected chi connectivity index (χ3v) is 4.50. The number of rotatable bonds is 5. The summed E-state index contributed by atoms with van der Waals surface area (Å²) in [5.74, 6) is -0.747. The average molecular weight is 293 g/mol. The maximum atomic E-state index is 13.7. The molecule has 5 heteroatoms. The fraction of sp³-hybridized carbons (Fsp3) is 0.562. The lowest BCUT2D eigenvalue weighted by Crippen LogP contribution is -2.29. The second kappa shape index (κ2) is 5.64. The second-order valence-electron chi connectivity index (χ2n) is 5.97. The second-order valence-corrected chi connectivity index (χ2v) is 5.97. The fourth-order valence-corrected chi connectivity index (χ4v) is 3.53. The van der Waals surface area contributed by atoms with Crippen LogP contribution in [-0.4, -0.2) is 18.4 Å². The number of carboxylic acid groups (broad SMARTS) is 1. The SMILES string of the molecule is CC(Oc1cc(C(=O)[O-])ccc1F)OC1CC2CCC1C2. The van der Waals surface area contributed by atoms with Crippen molar-refractivity contribution in [1.82, 2.24) is 0 Å². The van der Waals surface area contributed by atoms with E-state index in [1.54, 1.807) is 6.92 Å². The highest BCUT2D eigenvalue weighted by atomic mass is 19.1. The van der Waals surface area contributed by atoms with E-state index in [1.807, 2.05) is 0 Å². The Hall–Kier alpha value is -1.62. The Kier molecular flexibility index (Phi) is 3.85. The van der Waals surface area contributed by atoms with Crippen LogP contribution in [0.25, 0.3) is 0 Å². The molecule has 4 unspecified atom stereocenters. The Morgan fingerprint density at radius 2 is 2.19 bits per heavy atom. The molecule has 21 heavy (non-hydrogen) atoms. The zero-order valence-corrected chi connectivity index (χ0v) is 11.9. The van der Waals surface area contributed by atoms with Gasteiger partial charge in [-0.1, -0.05) is 0 Å². The molecule has 2 aliphatic rings. The van der Waals surface area contributed by atoms with E-state index in [2.05, 4.69) is 0 Å². The molecule has 2 bridgehead atoms. The monoisotopic (exact) mass is 293 g/mol. The van der Waals surface area contributed by atoms with Crippen molar-refractivity contribution in [2.24, 2.45) is 11.8 Å². The number of hydrogen-bond acceptors (Lipinski definition) is 4. The highest BCUT2D eigenvalue weighted by molar-refractivity contribution is 5.86. The molecule has 0 amide bonds. The van der Waals surface area contributed by atoms with E-state index in [0.29, 0.717) is 5.92 Å². The molecule has 2 fully saturated rings. The van der Waals surface area contributed by atoms with Crippen molar-refractivity contribution >= 4 is 5.97 Å². The van der Waals surface area contributed by atoms with Crippen LogP contribution in [0.3, 0.4) is 0 Å². The van der Waals surface area contributed by atoms with Crippen LogP contribution in [0.4, 0.5) is 4.39 Å². The van der Waals surface area contributed by atoms with Gasteiger partial charge in [-0.15, -0.1) is 0 Å². The number of carbonyl (C=O) groups is 1. The zero-order chi connectivity index (χ0) is 15.0. The van der Waals surface area contributed by atoms with Crippen molar-refractivity contribution in [1.29, 1.82) is 0 Å². The molecule has 0 aliphatic heterocycles. The first kappa shape index (κ1) is 14.3. The lowest BCUT2D eigenvalue weighted by molar-refractivity contribution is -0.255. The summed E-state index contributed by atoms with van der Waals surface area (Å²) in [6, 6.07) is 3.34. The van der Waals surface area contributed by atoms with Crippen LogP contribution in [0.2, 0.25) is 0 Å². The first-order valence-corrected chi connectivity index (χ1v) is 7.36. The van der Waals surface area contributed by atoms with Crippen LogP contribution >= 0.6 is 0 Å². The smallest absolute Gasteiger partial charge is 0.197 e.